The van der Waals surface area contributed by atoms with E-state index in [1.807, 2.05) is 0 Å². The molecule has 0 fully saturated rings. The quantitative estimate of drug-likeness (QED) is 0.154. The van der Waals surface area contributed by atoms with E-state index in [2.05, 4.69) is 376 Å². The van der Waals surface area contributed by atoms with Gasteiger partial charge in [-0.1, -0.05) is 252 Å². The Labute approximate surface area is 586 Å². The zero-order valence-electron chi connectivity index (χ0n) is 61.7. The molecule has 0 spiro atoms. The third kappa shape index (κ3) is 10.8. The molecule has 0 atom stereocenters. The Kier molecular flexibility index (Phi) is 15.0. The van der Waals surface area contributed by atoms with Gasteiger partial charge in [-0.2, -0.15) is 0 Å². The molecule has 6 heteroatoms. The van der Waals surface area contributed by atoms with Gasteiger partial charge in [0.15, 0.2) is 0 Å². The summed E-state index contributed by atoms with van der Waals surface area (Å²) in [5, 5.41) is 0. The Bertz CT molecular complexity index is 4680. The van der Waals surface area contributed by atoms with Gasteiger partial charge in [0.1, 0.15) is 0 Å². The summed E-state index contributed by atoms with van der Waals surface area (Å²) in [5.74, 6) is 0. The fraction of sp³-hybridized carbons (Fsp3) is 0.283. The van der Waals surface area contributed by atoms with Crippen LogP contribution in [0.5, 0.6) is 0 Å². The van der Waals surface area contributed by atoms with Crippen LogP contribution in [0.2, 0.25) is 0 Å². The summed E-state index contributed by atoms with van der Waals surface area (Å²) >= 11 is 0. The number of hydrogen-bond acceptors (Lipinski definition) is 4. The number of aryl methyl sites for hydroxylation is 2. The van der Waals surface area contributed by atoms with Crippen LogP contribution in [0, 0.1) is 13.8 Å². The van der Waals surface area contributed by atoms with Gasteiger partial charge in [-0.15, -0.1) is 0 Å². The molecule has 0 amide bonds. The molecule has 0 bridgehead atoms. The number of fused-ring (bicyclic) bond motifs is 8. The normalized spacial score (nSPS) is 14.2. The van der Waals surface area contributed by atoms with Gasteiger partial charge in [0.2, 0.25) is 0 Å². The van der Waals surface area contributed by atoms with Crippen molar-refractivity contribution in [3.63, 3.8) is 0 Å². The number of nitrogens with zero attached hydrogens (tertiary/aromatic N) is 4. The number of hydrogen-bond donors (Lipinski definition) is 0. The smallest absolute Gasteiger partial charge is 0.252 e. The lowest BCUT2D eigenvalue weighted by atomic mass is 9.30. The predicted molar refractivity (Wildman–Crippen MR) is 427 cm³/mol. The van der Waals surface area contributed by atoms with Crippen molar-refractivity contribution in [3.05, 3.63) is 263 Å². The fourth-order valence-electron chi connectivity index (χ4n) is 16.1. The molecule has 490 valence electrons. The third-order valence-electron chi connectivity index (χ3n) is 21.9. The molecular formula is C92H96B2N4. The van der Waals surface area contributed by atoms with Crippen molar-refractivity contribution in [1.29, 1.82) is 0 Å². The molecule has 4 aliphatic rings. The molecule has 0 radical (unpaired) electrons. The highest BCUT2D eigenvalue weighted by atomic mass is 15.2. The van der Waals surface area contributed by atoms with Gasteiger partial charge in [0.25, 0.3) is 13.4 Å². The first-order valence-corrected chi connectivity index (χ1v) is 35.8. The van der Waals surface area contributed by atoms with Crippen LogP contribution in [0.15, 0.2) is 218 Å². The average molecular weight is 1280 g/mol. The van der Waals surface area contributed by atoms with E-state index < -0.39 is 0 Å². The minimum absolute atomic E-state index is 0.0139. The van der Waals surface area contributed by atoms with Gasteiger partial charge >= 0.3 is 0 Å². The largest absolute Gasteiger partial charge is 0.311 e. The molecular weight excluding hydrogens is 1180 g/mol. The van der Waals surface area contributed by atoms with E-state index in [0.29, 0.717) is 0 Å². The lowest BCUT2D eigenvalue weighted by Crippen LogP contribution is -2.65. The summed E-state index contributed by atoms with van der Waals surface area (Å²) in [6.45, 7) is 46.3. The Morgan fingerprint density at radius 3 is 0.735 bits per heavy atom. The van der Waals surface area contributed by atoms with Gasteiger partial charge in [0, 0.05) is 68.2 Å². The summed E-state index contributed by atoms with van der Waals surface area (Å²) in [4.78, 5) is 10.6. The third-order valence-corrected chi connectivity index (χ3v) is 21.9. The highest BCUT2D eigenvalue weighted by Gasteiger charge is 2.49. The van der Waals surface area contributed by atoms with Gasteiger partial charge < -0.3 is 19.6 Å². The zero-order valence-corrected chi connectivity index (χ0v) is 61.7. The Hall–Kier alpha value is -9.25. The monoisotopic (exact) mass is 1280 g/mol. The van der Waals surface area contributed by atoms with Crippen LogP contribution < -0.4 is 52.4 Å². The SMILES string of the molecule is Cc1ccccc1-c1cc2c3c(c1)N(c1ccc(C(C)(C)C)cc1)c1cc4c(cc1B3c1cc(C(C)(C)C)ccc1N2c1ccc(C(C)(C)C)cc1)B1c2cc(C(C)(C)C)ccc2N(c2ccc(C(C)(C)C)cc2)c2cc(-c3ccccc3C)cc(c21)N4c1ccc(C(C)(C)C)cc1. The predicted octanol–water partition coefficient (Wildman–Crippen LogP) is 21.6. The summed E-state index contributed by atoms with van der Waals surface area (Å²) in [6.07, 6.45) is 0. The Morgan fingerprint density at radius 2 is 0.469 bits per heavy atom. The van der Waals surface area contributed by atoms with Crippen LogP contribution in [0.4, 0.5) is 68.2 Å². The standard InChI is InChI=1S/C92H96B2N4/c1-57-25-21-23-27-71(57)59-49-81-85-83(51-59)97(69-43-33-63(34-44-69)89(9,10)11)79-56-80-76(55-75(79)93(85)73-53-65(91(15,16)17)37-47-77(73)95(81)67-39-29-61(30-40-67)87(3,4)5)94-74-54-66(92(18,19)20)38-48-78(74)96(68-41-31-62(32-42-68)88(6,7)8)82-50-60(72-28-24-22-26-58(72)2)52-84(86(82)94)98(80)70-45-35-64(36-46-70)90(12,13)14/h21-56H,1-20H3. The molecule has 15 rings (SSSR count). The molecule has 0 unspecified atom stereocenters. The van der Waals surface area contributed by atoms with E-state index in [9.17, 15) is 0 Å². The van der Waals surface area contributed by atoms with Crippen LogP contribution in [-0.4, -0.2) is 13.4 Å². The molecule has 0 saturated heterocycles. The lowest BCUT2D eigenvalue weighted by molar-refractivity contribution is 0.590. The van der Waals surface area contributed by atoms with E-state index in [-0.39, 0.29) is 45.9 Å². The second-order valence-corrected chi connectivity index (χ2v) is 34.9. The molecule has 4 nitrogen and oxygen atoms in total. The molecule has 0 aliphatic carbocycles. The van der Waals surface area contributed by atoms with Gasteiger partial charge in [0.05, 0.1) is 0 Å². The van der Waals surface area contributed by atoms with Crippen molar-refractivity contribution in [2.24, 2.45) is 0 Å². The first kappa shape index (κ1) is 64.7. The van der Waals surface area contributed by atoms with Crippen molar-refractivity contribution in [3.8, 4) is 22.3 Å². The lowest BCUT2D eigenvalue weighted by Gasteiger charge is -2.48. The summed E-state index contributed by atoms with van der Waals surface area (Å²) in [6, 6.07) is 86.5. The maximum Gasteiger partial charge on any atom is 0.252 e. The van der Waals surface area contributed by atoms with Crippen molar-refractivity contribution >= 4 is 114 Å². The van der Waals surface area contributed by atoms with Crippen LogP contribution >= 0.6 is 0 Å². The maximum absolute atomic E-state index is 2.72. The summed E-state index contributed by atoms with van der Waals surface area (Å²) in [5.41, 5.74) is 36.8. The first-order valence-electron chi connectivity index (χ1n) is 35.8. The van der Waals surface area contributed by atoms with Gasteiger partial charge in [-0.3, -0.25) is 0 Å². The molecule has 4 heterocycles. The fourth-order valence-corrected chi connectivity index (χ4v) is 16.1. The Morgan fingerprint density at radius 1 is 0.224 bits per heavy atom. The van der Waals surface area contributed by atoms with Gasteiger partial charge in [-0.25, -0.2) is 0 Å². The van der Waals surface area contributed by atoms with Crippen LogP contribution in [0.1, 0.15) is 169 Å². The van der Waals surface area contributed by atoms with Gasteiger partial charge in [-0.05, 0) is 237 Å². The highest BCUT2D eigenvalue weighted by molar-refractivity contribution is 7.03. The van der Waals surface area contributed by atoms with E-state index in [4.69, 9.17) is 0 Å². The molecule has 11 aromatic rings. The van der Waals surface area contributed by atoms with Crippen LogP contribution in [-0.2, 0) is 32.5 Å². The molecule has 11 aromatic carbocycles. The topological polar surface area (TPSA) is 13.0 Å². The van der Waals surface area contributed by atoms with Crippen LogP contribution in [0.25, 0.3) is 22.3 Å². The maximum atomic E-state index is 2.72. The molecule has 4 aliphatic heterocycles. The highest BCUT2D eigenvalue weighted by Crippen LogP contribution is 2.52. The zero-order chi connectivity index (χ0) is 69.2. The number of rotatable bonds is 6. The molecule has 0 aromatic heterocycles. The molecule has 0 N–H and O–H groups in total. The summed E-state index contributed by atoms with van der Waals surface area (Å²) < 4.78 is 0. The van der Waals surface area contributed by atoms with Crippen molar-refractivity contribution in [2.75, 3.05) is 19.6 Å². The van der Waals surface area contributed by atoms with E-state index in [1.165, 1.54) is 145 Å². The van der Waals surface area contributed by atoms with Crippen molar-refractivity contribution < 1.29 is 0 Å². The van der Waals surface area contributed by atoms with E-state index in [0.717, 1.165) is 22.7 Å². The minimum atomic E-state index is -0.163. The van der Waals surface area contributed by atoms with E-state index >= 15 is 0 Å². The van der Waals surface area contributed by atoms with Crippen LogP contribution in [0.3, 0.4) is 0 Å². The van der Waals surface area contributed by atoms with Crippen molar-refractivity contribution in [1.82, 2.24) is 0 Å². The summed E-state index contributed by atoms with van der Waals surface area (Å²) in [7, 11) is 0. The molecule has 98 heavy (non-hydrogen) atoms. The number of benzene rings is 11. The second kappa shape index (κ2) is 22.6. The van der Waals surface area contributed by atoms with E-state index in [1.54, 1.807) is 0 Å². The van der Waals surface area contributed by atoms with Crippen molar-refractivity contribution in [2.45, 2.75) is 171 Å². The first-order chi connectivity index (χ1) is 46.2. The molecule has 0 saturated carbocycles. The minimum Gasteiger partial charge on any atom is -0.311 e. The number of anilines is 12. The second-order valence-electron chi connectivity index (χ2n) is 34.9. The average Bonchev–Trinajstić information content (AvgIpc) is 0.683. The Balaban J connectivity index is 1.11.